The molecule has 1 N–H and O–H groups in total. The summed E-state index contributed by atoms with van der Waals surface area (Å²) in [6.07, 6.45) is 1.95. The molecule has 1 aromatic heterocycles. The predicted octanol–water partition coefficient (Wildman–Crippen LogP) is 3.09. The average molecular weight is 350 g/mol. The quantitative estimate of drug-likeness (QED) is 0.921. The molecule has 1 aliphatic rings. The van der Waals surface area contributed by atoms with Gasteiger partial charge in [0.25, 0.3) is 15.9 Å². The number of rotatable bonds is 4. The molecule has 7 heteroatoms. The lowest BCUT2D eigenvalue weighted by atomic mass is 10.2. The topological polar surface area (TPSA) is 66.5 Å². The number of likely N-dealkylation sites (tertiary alicyclic amines) is 1. The van der Waals surface area contributed by atoms with Crippen LogP contribution >= 0.6 is 11.3 Å². The second-order valence-corrected chi connectivity index (χ2v) is 8.15. The van der Waals surface area contributed by atoms with E-state index < -0.39 is 10.0 Å². The van der Waals surface area contributed by atoms with Gasteiger partial charge in [0.15, 0.2) is 0 Å². The maximum absolute atomic E-state index is 12.6. The van der Waals surface area contributed by atoms with Gasteiger partial charge in [-0.15, -0.1) is 11.3 Å². The van der Waals surface area contributed by atoms with Gasteiger partial charge in [0.2, 0.25) is 0 Å². The lowest BCUT2D eigenvalue weighted by molar-refractivity contribution is 0.0794. The van der Waals surface area contributed by atoms with E-state index in [4.69, 9.17) is 0 Å². The number of nitrogens with one attached hydrogen (secondary N) is 1. The molecule has 1 amide bonds. The molecule has 2 aromatic rings. The van der Waals surface area contributed by atoms with Crippen molar-refractivity contribution >= 4 is 33.0 Å². The minimum absolute atomic E-state index is 0.0555. The second kappa shape index (κ2) is 6.33. The van der Waals surface area contributed by atoms with Gasteiger partial charge in [-0.3, -0.25) is 9.52 Å². The fraction of sp³-hybridized carbons (Fsp3) is 0.312. The molecule has 2 heterocycles. The van der Waals surface area contributed by atoms with Gasteiger partial charge in [0.05, 0.1) is 0 Å². The van der Waals surface area contributed by atoms with Crippen LogP contribution < -0.4 is 4.72 Å². The number of thiophene rings is 1. The van der Waals surface area contributed by atoms with Crippen LogP contribution in [-0.2, 0) is 10.0 Å². The summed E-state index contributed by atoms with van der Waals surface area (Å²) in [5.41, 5.74) is 1.54. The molecule has 122 valence electrons. The van der Waals surface area contributed by atoms with Crippen LogP contribution in [0, 0.1) is 6.92 Å². The van der Waals surface area contributed by atoms with Crippen molar-refractivity contribution in [3.05, 3.63) is 46.2 Å². The third-order valence-electron chi connectivity index (χ3n) is 3.81. The number of nitrogens with zero attached hydrogens (tertiary/aromatic N) is 1. The van der Waals surface area contributed by atoms with Crippen molar-refractivity contribution in [1.82, 2.24) is 4.90 Å². The minimum atomic E-state index is -3.78. The molecule has 0 atom stereocenters. The Morgan fingerprint density at radius 2 is 1.78 bits per heavy atom. The summed E-state index contributed by atoms with van der Waals surface area (Å²) in [5.74, 6) is -0.193. The molecule has 3 rings (SSSR count). The van der Waals surface area contributed by atoms with Crippen LogP contribution in [0.25, 0.3) is 0 Å². The number of carbonyl (C=O) groups is 1. The van der Waals surface area contributed by atoms with E-state index in [0.29, 0.717) is 18.8 Å². The third-order valence-corrected chi connectivity index (χ3v) is 6.27. The zero-order valence-electron chi connectivity index (χ0n) is 12.8. The third kappa shape index (κ3) is 3.40. The number of hydrogen-bond acceptors (Lipinski definition) is 4. The number of anilines is 1. The van der Waals surface area contributed by atoms with Crippen LogP contribution in [0.1, 0.15) is 28.1 Å². The summed E-state index contributed by atoms with van der Waals surface area (Å²) in [4.78, 5) is 14.6. The highest BCUT2D eigenvalue weighted by molar-refractivity contribution is 7.93. The molecular weight excluding hydrogens is 332 g/mol. The molecule has 0 spiro atoms. The van der Waals surface area contributed by atoms with Gasteiger partial charge in [-0.2, -0.15) is 0 Å². The number of aryl methyl sites for hydroxylation is 1. The van der Waals surface area contributed by atoms with E-state index in [2.05, 4.69) is 4.72 Å². The number of amides is 1. The van der Waals surface area contributed by atoms with Crippen LogP contribution in [0.4, 0.5) is 5.69 Å². The standard InChI is InChI=1S/C16H18N2O3S2/c1-12-4-6-13(7-5-12)17-23(20,21)14-8-11-22-15(14)16(19)18-9-2-3-10-18/h4-8,11,17H,2-3,9-10H2,1H3. The summed E-state index contributed by atoms with van der Waals surface area (Å²) in [7, 11) is -3.78. The van der Waals surface area contributed by atoms with Crippen molar-refractivity contribution < 1.29 is 13.2 Å². The van der Waals surface area contributed by atoms with Gasteiger partial charge >= 0.3 is 0 Å². The van der Waals surface area contributed by atoms with Gasteiger partial charge in [0, 0.05) is 18.8 Å². The van der Waals surface area contributed by atoms with Gasteiger partial charge in [0.1, 0.15) is 9.77 Å². The SMILES string of the molecule is Cc1ccc(NS(=O)(=O)c2ccsc2C(=O)N2CCCC2)cc1. The van der Waals surface area contributed by atoms with E-state index in [0.717, 1.165) is 18.4 Å². The molecule has 0 unspecified atom stereocenters. The Morgan fingerprint density at radius 3 is 2.43 bits per heavy atom. The highest BCUT2D eigenvalue weighted by Crippen LogP contribution is 2.27. The van der Waals surface area contributed by atoms with Crippen LogP contribution in [-0.4, -0.2) is 32.3 Å². The Bertz CT molecular complexity index is 804. The molecule has 23 heavy (non-hydrogen) atoms. The molecule has 0 aliphatic carbocycles. The van der Waals surface area contributed by atoms with Gasteiger partial charge < -0.3 is 4.90 Å². The first-order valence-electron chi connectivity index (χ1n) is 7.43. The maximum Gasteiger partial charge on any atom is 0.265 e. The molecular formula is C16H18N2O3S2. The van der Waals surface area contributed by atoms with E-state index in [1.165, 1.54) is 17.4 Å². The second-order valence-electron chi connectivity index (χ2n) is 5.58. The summed E-state index contributed by atoms with van der Waals surface area (Å²) < 4.78 is 27.8. The van der Waals surface area contributed by atoms with Crippen molar-refractivity contribution in [1.29, 1.82) is 0 Å². The van der Waals surface area contributed by atoms with Crippen molar-refractivity contribution in [2.45, 2.75) is 24.7 Å². The first kappa shape index (κ1) is 16.0. The normalized spacial score (nSPS) is 14.9. The van der Waals surface area contributed by atoms with Crippen LogP contribution in [0.15, 0.2) is 40.6 Å². The Balaban J connectivity index is 1.87. The number of carbonyl (C=O) groups excluding carboxylic acids is 1. The summed E-state index contributed by atoms with van der Waals surface area (Å²) >= 11 is 1.17. The predicted molar refractivity (Wildman–Crippen MR) is 91.4 cm³/mol. The van der Waals surface area contributed by atoms with E-state index in [-0.39, 0.29) is 15.7 Å². The molecule has 0 radical (unpaired) electrons. The summed E-state index contributed by atoms with van der Waals surface area (Å²) in [5, 5.41) is 1.65. The molecule has 0 bridgehead atoms. The van der Waals surface area contributed by atoms with Crippen molar-refractivity contribution in [2.75, 3.05) is 17.8 Å². The molecule has 0 saturated carbocycles. The molecule has 1 fully saturated rings. The van der Waals surface area contributed by atoms with E-state index in [9.17, 15) is 13.2 Å². The van der Waals surface area contributed by atoms with Gasteiger partial charge in [-0.05, 0) is 43.3 Å². The average Bonchev–Trinajstić information content (AvgIpc) is 3.20. The Hall–Kier alpha value is -1.86. The maximum atomic E-state index is 12.6. The Kier molecular flexibility index (Phi) is 4.41. The van der Waals surface area contributed by atoms with Crippen molar-refractivity contribution in [3.63, 3.8) is 0 Å². The number of sulfonamides is 1. The highest BCUT2D eigenvalue weighted by Gasteiger charge is 2.28. The van der Waals surface area contributed by atoms with Crippen molar-refractivity contribution in [2.24, 2.45) is 0 Å². The Morgan fingerprint density at radius 1 is 1.13 bits per heavy atom. The van der Waals surface area contributed by atoms with E-state index in [1.54, 1.807) is 22.4 Å². The fourth-order valence-corrected chi connectivity index (χ4v) is 5.01. The summed E-state index contributed by atoms with van der Waals surface area (Å²) in [6, 6.07) is 8.58. The molecule has 5 nitrogen and oxygen atoms in total. The zero-order valence-corrected chi connectivity index (χ0v) is 14.4. The van der Waals surface area contributed by atoms with Crippen LogP contribution in [0.5, 0.6) is 0 Å². The first-order valence-corrected chi connectivity index (χ1v) is 9.80. The largest absolute Gasteiger partial charge is 0.338 e. The van der Waals surface area contributed by atoms with E-state index >= 15 is 0 Å². The first-order chi connectivity index (χ1) is 11.0. The zero-order chi connectivity index (χ0) is 16.4. The molecule has 1 saturated heterocycles. The lowest BCUT2D eigenvalue weighted by Crippen LogP contribution is -2.28. The lowest BCUT2D eigenvalue weighted by Gasteiger charge is -2.15. The van der Waals surface area contributed by atoms with Gasteiger partial charge in [-0.1, -0.05) is 17.7 Å². The summed E-state index contributed by atoms with van der Waals surface area (Å²) in [6.45, 7) is 3.33. The van der Waals surface area contributed by atoms with E-state index in [1.807, 2.05) is 19.1 Å². The van der Waals surface area contributed by atoms with Crippen LogP contribution in [0.2, 0.25) is 0 Å². The Labute approximate surface area is 140 Å². The molecule has 1 aliphatic heterocycles. The van der Waals surface area contributed by atoms with Gasteiger partial charge in [-0.25, -0.2) is 8.42 Å². The highest BCUT2D eigenvalue weighted by atomic mass is 32.2. The minimum Gasteiger partial charge on any atom is -0.338 e. The molecule has 1 aromatic carbocycles. The van der Waals surface area contributed by atoms with Crippen molar-refractivity contribution in [3.8, 4) is 0 Å². The number of hydrogen-bond donors (Lipinski definition) is 1. The number of benzene rings is 1. The smallest absolute Gasteiger partial charge is 0.265 e. The fourth-order valence-electron chi connectivity index (χ4n) is 2.56. The monoisotopic (exact) mass is 350 g/mol. The van der Waals surface area contributed by atoms with Crippen LogP contribution in [0.3, 0.4) is 0 Å².